The largest absolute Gasteiger partial charge is 0.490 e. The van der Waals surface area contributed by atoms with Crippen LogP contribution in [0.4, 0.5) is 18.9 Å². The molecule has 1 N–H and O–H groups in total. The fourth-order valence-corrected chi connectivity index (χ4v) is 1.43. The molecule has 104 valence electrons. The molecule has 0 radical (unpaired) electrons. The summed E-state index contributed by atoms with van der Waals surface area (Å²) in [6.07, 6.45) is -0.00408. The molecule has 1 fully saturated rings. The van der Waals surface area contributed by atoms with Crippen molar-refractivity contribution in [3.8, 4) is 0 Å². The van der Waals surface area contributed by atoms with Crippen LogP contribution in [0.1, 0.15) is 12.8 Å². The van der Waals surface area contributed by atoms with E-state index in [1.165, 1.54) is 0 Å². The fourth-order valence-electron chi connectivity index (χ4n) is 1.43. The lowest BCUT2D eigenvalue weighted by Gasteiger charge is -2.13. The first-order valence-electron chi connectivity index (χ1n) is 5.33. The molecule has 2 rings (SSSR count). The molecule has 0 aromatic carbocycles. The highest BCUT2D eigenvalue weighted by Gasteiger charge is 2.38. The number of aliphatic carboxylic acids is 1. The number of carbonyl (C=O) groups excluding carboxylic acids is 1. The highest BCUT2D eigenvalue weighted by molar-refractivity contribution is 5.95. The molecule has 1 aliphatic rings. The summed E-state index contributed by atoms with van der Waals surface area (Å²) in [4.78, 5) is 25.9. The average molecular weight is 276 g/mol. The third kappa shape index (κ3) is 4.57. The van der Waals surface area contributed by atoms with Crippen LogP contribution in [0.25, 0.3) is 0 Å². The van der Waals surface area contributed by atoms with E-state index in [4.69, 9.17) is 9.90 Å². The monoisotopic (exact) mass is 276 g/mol. The summed E-state index contributed by atoms with van der Waals surface area (Å²) in [5, 5.41) is 7.12. The van der Waals surface area contributed by atoms with Crippen LogP contribution in [0.15, 0.2) is 24.5 Å². The molecule has 19 heavy (non-hydrogen) atoms. The molecule has 0 aliphatic carbocycles. The van der Waals surface area contributed by atoms with Gasteiger partial charge in [0, 0.05) is 19.2 Å². The number of carboxylic acid groups (broad SMARTS) is 1. The highest BCUT2D eigenvalue weighted by Crippen LogP contribution is 2.19. The maximum absolute atomic E-state index is 11.3. The number of hydrogen-bond acceptors (Lipinski definition) is 3. The number of amides is 1. The number of pyridine rings is 1. The molecule has 1 aliphatic heterocycles. The number of hydrogen-bond donors (Lipinski definition) is 1. The van der Waals surface area contributed by atoms with Crippen LogP contribution in [0.3, 0.4) is 0 Å². The molecule has 1 aromatic rings. The Labute approximate surface area is 106 Å². The van der Waals surface area contributed by atoms with Gasteiger partial charge in [-0.05, 0) is 18.6 Å². The van der Waals surface area contributed by atoms with E-state index in [2.05, 4.69) is 4.98 Å². The number of halogens is 3. The number of aromatic nitrogens is 1. The standard InChI is InChI=1S/C9H10N2O.C2HF3O2/c12-9-4-2-6-11(9)8-3-1-5-10-7-8;3-2(4,5)1(6)7/h1,3,5,7H,2,4,6H2;(H,6,7). The molecule has 0 spiro atoms. The molecule has 2 heterocycles. The van der Waals surface area contributed by atoms with Gasteiger partial charge in [-0.2, -0.15) is 13.2 Å². The van der Waals surface area contributed by atoms with Gasteiger partial charge in [-0.15, -0.1) is 0 Å². The van der Waals surface area contributed by atoms with E-state index in [-0.39, 0.29) is 5.91 Å². The van der Waals surface area contributed by atoms with Gasteiger partial charge in [0.15, 0.2) is 0 Å². The van der Waals surface area contributed by atoms with E-state index in [1.54, 1.807) is 17.3 Å². The minimum absolute atomic E-state index is 0.211. The van der Waals surface area contributed by atoms with Crippen molar-refractivity contribution in [2.24, 2.45) is 0 Å². The van der Waals surface area contributed by atoms with Gasteiger partial charge in [0.25, 0.3) is 0 Å². The normalized spacial score (nSPS) is 14.9. The molecule has 0 unspecified atom stereocenters. The zero-order valence-electron chi connectivity index (χ0n) is 9.72. The Bertz CT molecular complexity index is 448. The van der Waals surface area contributed by atoms with Crippen LogP contribution in [-0.2, 0) is 9.59 Å². The molecular formula is C11H11F3N2O3. The first-order valence-corrected chi connectivity index (χ1v) is 5.33. The van der Waals surface area contributed by atoms with E-state index in [0.29, 0.717) is 6.42 Å². The SMILES string of the molecule is O=C(O)C(F)(F)F.O=C1CCCN1c1cccnc1. The van der Waals surface area contributed by atoms with Crippen LogP contribution >= 0.6 is 0 Å². The van der Waals surface area contributed by atoms with Crippen molar-refractivity contribution in [1.29, 1.82) is 0 Å². The van der Waals surface area contributed by atoms with E-state index < -0.39 is 12.1 Å². The summed E-state index contributed by atoms with van der Waals surface area (Å²) in [5.41, 5.74) is 0.917. The molecule has 5 nitrogen and oxygen atoms in total. The lowest BCUT2D eigenvalue weighted by molar-refractivity contribution is -0.192. The third-order valence-corrected chi connectivity index (χ3v) is 2.27. The van der Waals surface area contributed by atoms with Crippen LogP contribution in [0.2, 0.25) is 0 Å². The van der Waals surface area contributed by atoms with Crippen molar-refractivity contribution in [1.82, 2.24) is 4.98 Å². The number of alkyl halides is 3. The van der Waals surface area contributed by atoms with Crippen molar-refractivity contribution in [2.75, 3.05) is 11.4 Å². The molecule has 0 saturated carbocycles. The number of rotatable bonds is 1. The van der Waals surface area contributed by atoms with E-state index in [9.17, 15) is 18.0 Å². The highest BCUT2D eigenvalue weighted by atomic mass is 19.4. The predicted octanol–water partition coefficient (Wildman–Crippen LogP) is 1.84. The van der Waals surface area contributed by atoms with Crippen molar-refractivity contribution >= 4 is 17.6 Å². The Kier molecular flexibility index (Phi) is 4.85. The molecule has 1 saturated heterocycles. The first-order chi connectivity index (χ1) is 8.82. The molecule has 1 amide bonds. The Morgan fingerprint density at radius 2 is 2.05 bits per heavy atom. The molecule has 1 aromatic heterocycles. The first kappa shape index (κ1) is 14.9. The minimum Gasteiger partial charge on any atom is -0.475 e. The van der Waals surface area contributed by atoms with Gasteiger partial charge in [-0.1, -0.05) is 0 Å². The Balaban J connectivity index is 0.000000224. The van der Waals surface area contributed by atoms with E-state index in [0.717, 1.165) is 18.7 Å². The number of carboxylic acids is 1. The van der Waals surface area contributed by atoms with Crippen molar-refractivity contribution in [3.63, 3.8) is 0 Å². The lowest BCUT2D eigenvalue weighted by atomic mass is 10.4. The van der Waals surface area contributed by atoms with Gasteiger partial charge in [-0.3, -0.25) is 9.78 Å². The zero-order valence-corrected chi connectivity index (χ0v) is 9.72. The maximum Gasteiger partial charge on any atom is 0.490 e. The summed E-state index contributed by atoms with van der Waals surface area (Å²) in [7, 11) is 0. The quantitative estimate of drug-likeness (QED) is 0.849. The second-order valence-electron chi connectivity index (χ2n) is 3.66. The van der Waals surface area contributed by atoms with Crippen LogP contribution in [-0.4, -0.2) is 34.7 Å². The van der Waals surface area contributed by atoms with E-state index >= 15 is 0 Å². The Morgan fingerprint density at radius 3 is 2.42 bits per heavy atom. The Hall–Kier alpha value is -2.12. The Morgan fingerprint density at radius 1 is 1.42 bits per heavy atom. The zero-order chi connectivity index (χ0) is 14.5. The van der Waals surface area contributed by atoms with Crippen LogP contribution in [0, 0.1) is 0 Å². The second kappa shape index (κ2) is 6.17. The summed E-state index contributed by atoms with van der Waals surface area (Å²) < 4.78 is 31.7. The molecule has 0 bridgehead atoms. The number of anilines is 1. The third-order valence-electron chi connectivity index (χ3n) is 2.27. The fraction of sp³-hybridized carbons (Fsp3) is 0.364. The molecular weight excluding hydrogens is 265 g/mol. The van der Waals surface area contributed by atoms with Gasteiger partial charge >= 0.3 is 12.1 Å². The average Bonchev–Trinajstić information content (AvgIpc) is 2.76. The summed E-state index contributed by atoms with van der Waals surface area (Å²) >= 11 is 0. The molecule has 0 atom stereocenters. The van der Waals surface area contributed by atoms with Gasteiger partial charge in [0.05, 0.1) is 11.9 Å². The smallest absolute Gasteiger partial charge is 0.475 e. The minimum atomic E-state index is -5.08. The summed E-state index contributed by atoms with van der Waals surface area (Å²) in [5.74, 6) is -2.55. The van der Waals surface area contributed by atoms with Crippen molar-refractivity contribution in [2.45, 2.75) is 19.0 Å². The second-order valence-corrected chi connectivity index (χ2v) is 3.66. The van der Waals surface area contributed by atoms with Gasteiger partial charge < -0.3 is 10.0 Å². The van der Waals surface area contributed by atoms with Crippen molar-refractivity contribution in [3.05, 3.63) is 24.5 Å². The maximum atomic E-state index is 11.3. The van der Waals surface area contributed by atoms with Gasteiger partial charge in [-0.25, -0.2) is 4.79 Å². The summed E-state index contributed by atoms with van der Waals surface area (Å²) in [6, 6.07) is 3.76. The predicted molar refractivity (Wildman–Crippen MR) is 59.5 cm³/mol. The number of carbonyl (C=O) groups is 2. The number of nitrogens with zero attached hydrogens (tertiary/aromatic N) is 2. The van der Waals surface area contributed by atoms with Crippen LogP contribution in [0.5, 0.6) is 0 Å². The van der Waals surface area contributed by atoms with Crippen LogP contribution < -0.4 is 4.90 Å². The van der Waals surface area contributed by atoms with Gasteiger partial charge in [0.2, 0.25) is 5.91 Å². The lowest BCUT2D eigenvalue weighted by Crippen LogP contribution is -2.23. The van der Waals surface area contributed by atoms with Gasteiger partial charge in [0.1, 0.15) is 0 Å². The summed E-state index contributed by atoms with van der Waals surface area (Å²) in [6.45, 7) is 0.838. The topological polar surface area (TPSA) is 70.5 Å². The van der Waals surface area contributed by atoms with Crippen molar-refractivity contribution < 1.29 is 27.9 Å². The van der Waals surface area contributed by atoms with E-state index in [1.807, 2.05) is 12.1 Å². The molecule has 8 heteroatoms.